The van der Waals surface area contributed by atoms with E-state index in [1.54, 1.807) is 37.4 Å². The number of para-hydroxylation sites is 1. The van der Waals surface area contributed by atoms with Gasteiger partial charge in [0.2, 0.25) is 0 Å². The number of ether oxygens (including phenoxy) is 2. The largest absolute Gasteiger partial charge is 0.496 e. The van der Waals surface area contributed by atoms with Crippen molar-refractivity contribution in [1.82, 2.24) is 4.98 Å². The lowest BCUT2D eigenvalue weighted by atomic mass is 10.0. The highest BCUT2D eigenvalue weighted by atomic mass is 32.2. The summed E-state index contributed by atoms with van der Waals surface area (Å²) in [6, 6.07) is 14.5. The van der Waals surface area contributed by atoms with Crippen molar-refractivity contribution in [1.29, 1.82) is 0 Å². The minimum atomic E-state index is -3.87. The third-order valence-electron chi connectivity index (χ3n) is 6.22. The molecule has 0 fully saturated rings. The summed E-state index contributed by atoms with van der Waals surface area (Å²) in [5.41, 5.74) is 2.11. The van der Waals surface area contributed by atoms with Crippen LogP contribution in [0.15, 0.2) is 65.7 Å². The Morgan fingerprint density at radius 1 is 1.10 bits per heavy atom. The molecule has 2 N–H and O–H groups in total. The van der Waals surface area contributed by atoms with Crippen molar-refractivity contribution >= 4 is 60.6 Å². The summed E-state index contributed by atoms with van der Waals surface area (Å²) < 4.78 is 39.1. The van der Waals surface area contributed by atoms with Gasteiger partial charge in [0.1, 0.15) is 15.5 Å². The predicted molar refractivity (Wildman–Crippen MR) is 151 cm³/mol. The van der Waals surface area contributed by atoms with Crippen molar-refractivity contribution in [2.75, 3.05) is 35.2 Å². The molecule has 0 bridgehead atoms. The molecule has 0 aliphatic carbocycles. The molecule has 202 valence electrons. The number of sulfonamides is 1. The Morgan fingerprint density at radius 3 is 2.72 bits per heavy atom. The van der Waals surface area contributed by atoms with E-state index in [9.17, 15) is 18.0 Å². The Bertz CT molecular complexity index is 1670. The van der Waals surface area contributed by atoms with Crippen molar-refractivity contribution in [3.05, 3.63) is 71.2 Å². The summed E-state index contributed by atoms with van der Waals surface area (Å²) in [4.78, 5) is 30.7. The lowest BCUT2D eigenvalue weighted by Crippen LogP contribution is -2.35. The summed E-state index contributed by atoms with van der Waals surface area (Å²) in [5, 5.41) is 5.85. The van der Waals surface area contributed by atoms with E-state index >= 15 is 0 Å². The van der Waals surface area contributed by atoms with Crippen LogP contribution in [0.4, 0.5) is 21.9 Å². The number of fused-ring (bicyclic) bond motifs is 2. The average Bonchev–Trinajstić information content (AvgIpc) is 3.31. The molecule has 0 saturated heterocycles. The number of amides is 2. The van der Waals surface area contributed by atoms with E-state index in [0.717, 1.165) is 23.3 Å². The molecule has 12 heteroatoms. The molecule has 2 amide bonds. The van der Waals surface area contributed by atoms with Crippen LogP contribution < -0.4 is 19.7 Å². The van der Waals surface area contributed by atoms with E-state index in [0.29, 0.717) is 34.6 Å². The number of aryl methyl sites for hydroxylation is 1. The van der Waals surface area contributed by atoms with Gasteiger partial charge in [-0.1, -0.05) is 24.3 Å². The smallest absolute Gasteiger partial charge is 0.350 e. The van der Waals surface area contributed by atoms with Gasteiger partial charge in [0, 0.05) is 18.4 Å². The molecule has 0 saturated carbocycles. The van der Waals surface area contributed by atoms with E-state index in [1.807, 2.05) is 18.2 Å². The first kappa shape index (κ1) is 26.4. The normalized spacial score (nSPS) is 13.0. The molecule has 39 heavy (non-hydrogen) atoms. The Morgan fingerprint density at radius 2 is 1.92 bits per heavy atom. The number of aromatic nitrogens is 1. The molecule has 2 aromatic carbocycles. The fraction of sp³-hybridized carbons (Fsp3) is 0.222. The van der Waals surface area contributed by atoms with Gasteiger partial charge in [-0.05, 0) is 55.7 Å². The number of urea groups is 1. The number of rotatable bonds is 7. The van der Waals surface area contributed by atoms with E-state index in [-0.39, 0.29) is 27.8 Å². The zero-order valence-electron chi connectivity index (χ0n) is 21.3. The first-order valence-electron chi connectivity index (χ1n) is 12.2. The molecule has 0 unspecified atom stereocenters. The minimum absolute atomic E-state index is 0.0519. The van der Waals surface area contributed by atoms with E-state index in [1.165, 1.54) is 23.5 Å². The highest BCUT2D eigenvalue weighted by molar-refractivity contribution is 7.92. The van der Waals surface area contributed by atoms with E-state index in [2.05, 4.69) is 15.6 Å². The average molecular weight is 567 g/mol. The SMILES string of the molecule is CCOC(=O)c1sc2nccc(OC)c2c1NC(=O)Nc1cccc(S(=O)(=O)N2CCCc3ccccc32)c1. The number of carbonyl (C=O) groups excluding carboxylic acids is 2. The van der Waals surface area contributed by atoms with Crippen LogP contribution in [-0.2, 0) is 21.2 Å². The predicted octanol–water partition coefficient (Wildman–Crippen LogP) is 5.27. The number of hydrogen-bond donors (Lipinski definition) is 2. The highest BCUT2D eigenvalue weighted by Crippen LogP contribution is 2.40. The van der Waals surface area contributed by atoms with Gasteiger partial charge in [-0.25, -0.2) is 23.0 Å². The summed E-state index contributed by atoms with van der Waals surface area (Å²) >= 11 is 1.07. The van der Waals surface area contributed by atoms with Crippen LogP contribution in [0.25, 0.3) is 10.2 Å². The number of carbonyl (C=O) groups is 2. The van der Waals surface area contributed by atoms with Gasteiger partial charge in [0.15, 0.2) is 0 Å². The topological polar surface area (TPSA) is 127 Å². The minimum Gasteiger partial charge on any atom is -0.496 e. The van der Waals surface area contributed by atoms with E-state index < -0.39 is 22.0 Å². The Balaban J connectivity index is 1.43. The molecule has 5 rings (SSSR count). The van der Waals surface area contributed by atoms with Gasteiger partial charge >= 0.3 is 12.0 Å². The van der Waals surface area contributed by atoms with Crippen molar-refractivity contribution in [2.45, 2.75) is 24.7 Å². The molecule has 1 aliphatic rings. The van der Waals surface area contributed by atoms with Gasteiger partial charge in [-0.2, -0.15) is 0 Å². The lowest BCUT2D eigenvalue weighted by molar-refractivity contribution is 0.0533. The van der Waals surface area contributed by atoms with Crippen molar-refractivity contribution in [2.24, 2.45) is 0 Å². The first-order chi connectivity index (χ1) is 18.8. The molecule has 0 spiro atoms. The quantitative estimate of drug-likeness (QED) is 0.292. The maximum absolute atomic E-state index is 13.6. The molecule has 3 heterocycles. The Hall–Kier alpha value is -4.16. The van der Waals surface area contributed by atoms with Crippen LogP contribution >= 0.6 is 11.3 Å². The fourth-order valence-electron chi connectivity index (χ4n) is 4.51. The van der Waals surface area contributed by atoms with Gasteiger partial charge in [0.05, 0.1) is 35.4 Å². The molecule has 10 nitrogen and oxygen atoms in total. The molecule has 0 atom stereocenters. The Labute approximate surface area is 229 Å². The molecule has 4 aromatic rings. The van der Waals surface area contributed by atoms with Crippen LogP contribution in [0.3, 0.4) is 0 Å². The number of esters is 1. The second-order valence-electron chi connectivity index (χ2n) is 8.64. The molecular weight excluding hydrogens is 540 g/mol. The zero-order chi connectivity index (χ0) is 27.6. The molecule has 2 aromatic heterocycles. The van der Waals surface area contributed by atoms with Crippen LogP contribution in [0.2, 0.25) is 0 Å². The summed E-state index contributed by atoms with van der Waals surface area (Å²) in [6.07, 6.45) is 3.07. The van der Waals surface area contributed by atoms with Crippen LogP contribution in [-0.4, -0.2) is 45.7 Å². The zero-order valence-corrected chi connectivity index (χ0v) is 22.9. The Kier molecular flexibility index (Phi) is 7.40. The first-order valence-corrected chi connectivity index (χ1v) is 14.5. The lowest BCUT2D eigenvalue weighted by Gasteiger charge is -2.30. The molecular formula is C27H26N4O6S2. The maximum Gasteiger partial charge on any atom is 0.350 e. The second-order valence-corrected chi connectivity index (χ2v) is 11.5. The summed E-state index contributed by atoms with van der Waals surface area (Å²) in [6.45, 7) is 2.22. The summed E-state index contributed by atoms with van der Waals surface area (Å²) in [5.74, 6) is -0.176. The number of hydrogen-bond acceptors (Lipinski definition) is 8. The van der Waals surface area contributed by atoms with Crippen molar-refractivity contribution in [3.8, 4) is 5.75 Å². The monoisotopic (exact) mass is 566 g/mol. The van der Waals surface area contributed by atoms with Gasteiger partial charge in [0.25, 0.3) is 10.0 Å². The maximum atomic E-state index is 13.6. The number of nitrogens with one attached hydrogen (secondary N) is 2. The molecule has 1 aliphatic heterocycles. The second kappa shape index (κ2) is 10.9. The van der Waals surface area contributed by atoms with Crippen molar-refractivity contribution < 1.29 is 27.5 Å². The number of thiophene rings is 1. The number of pyridine rings is 1. The van der Waals surface area contributed by atoms with Crippen LogP contribution in [0, 0.1) is 0 Å². The van der Waals surface area contributed by atoms with Crippen molar-refractivity contribution in [3.63, 3.8) is 0 Å². The third kappa shape index (κ3) is 5.12. The van der Waals surface area contributed by atoms with Gasteiger partial charge in [-0.3, -0.25) is 4.31 Å². The number of nitrogens with zero attached hydrogens (tertiary/aromatic N) is 2. The number of anilines is 3. The number of methoxy groups -OCH3 is 1. The standard InChI is InChI=1S/C27H26N4O6S2/c1-3-37-26(32)24-23(22-21(36-2)13-14-28-25(22)38-24)30-27(33)29-18-10-6-11-19(16-18)39(34,35)31-15-7-9-17-8-4-5-12-20(17)31/h4-6,8,10-14,16H,3,7,9,15H2,1-2H3,(H2,29,30,33). The summed E-state index contributed by atoms with van der Waals surface area (Å²) in [7, 11) is -2.39. The third-order valence-corrected chi connectivity index (χ3v) is 9.11. The number of benzene rings is 2. The van der Waals surface area contributed by atoms with Crippen LogP contribution in [0.1, 0.15) is 28.6 Å². The van der Waals surface area contributed by atoms with Gasteiger partial charge in [-0.15, -0.1) is 11.3 Å². The van der Waals surface area contributed by atoms with Crippen LogP contribution in [0.5, 0.6) is 5.75 Å². The molecule has 0 radical (unpaired) electrons. The van der Waals surface area contributed by atoms with E-state index in [4.69, 9.17) is 9.47 Å². The van der Waals surface area contributed by atoms with Gasteiger partial charge < -0.3 is 20.1 Å². The fourth-order valence-corrected chi connectivity index (χ4v) is 7.11. The highest BCUT2D eigenvalue weighted by Gasteiger charge is 2.29.